The van der Waals surface area contributed by atoms with Crippen LogP contribution in [-0.4, -0.2) is 63.4 Å². The van der Waals surface area contributed by atoms with E-state index in [1.165, 1.54) is 6.42 Å². The number of amides is 2. The Morgan fingerprint density at radius 1 is 1.00 bits per heavy atom. The molecule has 0 radical (unpaired) electrons. The Bertz CT molecular complexity index is 927. The minimum Gasteiger partial charge on any atom is -0.352 e. The van der Waals surface area contributed by atoms with E-state index in [0.29, 0.717) is 38.9 Å². The molecule has 2 fully saturated rings. The largest absolute Gasteiger partial charge is 0.352 e. The van der Waals surface area contributed by atoms with Crippen LogP contribution in [0.5, 0.6) is 0 Å². The first-order valence-electron chi connectivity index (χ1n) is 11.4. The average molecular weight is 423 g/mol. The molecule has 1 aromatic heterocycles. The zero-order valence-corrected chi connectivity index (χ0v) is 17.9. The van der Waals surface area contributed by atoms with Gasteiger partial charge in [-0.3, -0.25) is 9.59 Å². The van der Waals surface area contributed by atoms with Crippen LogP contribution in [0.1, 0.15) is 43.5 Å². The maximum Gasteiger partial charge on any atom is 0.253 e. The molecule has 7 nitrogen and oxygen atoms in total. The standard InChI is InChI=1S/C24H30N4O3/c29-21(17-19-7-3-1-4-8-19)26-14-9-24(10-15-26)23-25-11-16-28(23)18-20(31-24)22(30)27-12-5-2-6-13-27/h1,3-4,7-8,11,16,20H,2,5-6,9-10,12-15,17-18H2. The normalized spacial score (nSPS) is 22.9. The quantitative estimate of drug-likeness (QED) is 0.762. The molecule has 1 spiro atoms. The number of hydrogen-bond acceptors (Lipinski definition) is 4. The number of carbonyl (C=O) groups excluding carboxylic acids is 2. The van der Waals surface area contributed by atoms with E-state index in [1.807, 2.05) is 46.3 Å². The van der Waals surface area contributed by atoms with Gasteiger partial charge in [0, 0.05) is 51.4 Å². The summed E-state index contributed by atoms with van der Waals surface area (Å²) in [4.78, 5) is 34.5. The van der Waals surface area contributed by atoms with Gasteiger partial charge >= 0.3 is 0 Å². The highest BCUT2D eigenvalue weighted by Crippen LogP contribution is 2.40. The van der Waals surface area contributed by atoms with E-state index in [4.69, 9.17) is 4.74 Å². The van der Waals surface area contributed by atoms with Crippen LogP contribution in [0.3, 0.4) is 0 Å². The molecule has 2 amide bonds. The molecule has 0 N–H and O–H groups in total. The highest BCUT2D eigenvalue weighted by molar-refractivity contribution is 5.81. The molecule has 3 aliphatic rings. The first kappa shape index (κ1) is 20.2. The Morgan fingerprint density at radius 2 is 1.74 bits per heavy atom. The smallest absolute Gasteiger partial charge is 0.253 e. The van der Waals surface area contributed by atoms with Crippen molar-refractivity contribution in [3.63, 3.8) is 0 Å². The van der Waals surface area contributed by atoms with Crippen LogP contribution in [0, 0.1) is 0 Å². The minimum absolute atomic E-state index is 0.0982. The van der Waals surface area contributed by atoms with Gasteiger partial charge in [-0.15, -0.1) is 0 Å². The first-order chi connectivity index (χ1) is 15.1. The van der Waals surface area contributed by atoms with Crippen LogP contribution >= 0.6 is 0 Å². The van der Waals surface area contributed by atoms with Crippen molar-refractivity contribution >= 4 is 11.8 Å². The van der Waals surface area contributed by atoms with Crippen LogP contribution in [-0.2, 0) is 32.9 Å². The van der Waals surface area contributed by atoms with E-state index >= 15 is 0 Å². The highest BCUT2D eigenvalue weighted by atomic mass is 16.5. The second-order valence-electron chi connectivity index (χ2n) is 8.93. The summed E-state index contributed by atoms with van der Waals surface area (Å²) in [5, 5.41) is 0. The number of nitrogens with zero attached hydrogens (tertiary/aromatic N) is 4. The van der Waals surface area contributed by atoms with Crippen molar-refractivity contribution in [1.82, 2.24) is 19.4 Å². The molecule has 0 aliphatic carbocycles. The summed E-state index contributed by atoms with van der Waals surface area (Å²) >= 11 is 0. The minimum atomic E-state index is -0.596. The lowest BCUT2D eigenvalue weighted by atomic mass is 9.88. The molecule has 31 heavy (non-hydrogen) atoms. The van der Waals surface area contributed by atoms with Crippen molar-refractivity contribution < 1.29 is 14.3 Å². The number of ether oxygens (including phenoxy) is 1. The fourth-order valence-electron chi connectivity index (χ4n) is 5.18. The Hall–Kier alpha value is -2.67. The van der Waals surface area contributed by atoms with Crippen LogP contribution in [0.4, 0.5) is 0 Å². The van der Waals surface area contributed by atoms with Crippen molar-refractivity contribution in [2.24, 2.45) is 0 Å². The summed E-state index contributed by atoms with van der Waals surface area (Å²) < 4.78 is 8.63. The van der Waals surface area contributed by atoms with Gasteiger partial charge < -0.3 is 19.1 Å². The van der Waals surface area contributed by atoms with Crippen molar-refractivity contribution in [3.05, 3.63) is 54.1 Å². The fraction of sp³-hybridized carbons (Fsp3) is 0.542. The predicted octanol–water partition coefficient (Wildman–Crippen LogP) is 2.35. The topological polar surface area (TPSA) is 67.7 Å². The Balaban J connectivity index is 1.29. The molecule has 0 bridgehead atoms. The van der Waals surface area contributed by atoms with Gasteiger partial charge in [0.2, 0.25) is 5.91 Å². The molecular weight excluding hydrogens is 392 g/mol. The lowest BCUT2D eigenvalue weighted by molar-refractivity contribution is -0.183. The van der Waals surface area contributed by atoms with Gasteiger partial charge in [0.1, 0.15) is 11.4 Å². The lowest BCUT2D eigenvalue weighted by Gasteiger charge is -2.46. The molecule has 4 heterocycles. The van der Waals surface area contributed by atoms with Gasteiger partial charge in [-0.05, 0) is 24.8 Å². The third-order valence-corrected chi connectivity index (χ3v) is 6.92. The summed E-state index contributed by atoms with van der Waals surface area (Å²) in [6.45, 7) is 3.39. The third-order valence-electron chi connectivity index (χ3n) is 6.92. The first-order valence-corrected chi connectivity index (χ1v) is 11.4. The van der Waals surface area contributed by atoms with Gasteiger partial charge in [0.05, 0.1) is 13.0 Å². The van der Waals surface area contributed by atoms with E-state index in [1.54, 1.807) is 6.20 Å². The average Bonchev–Trinajstić information content (AvgIpc) is 3.30. The fourth-order valence-corrected chi connectivity index (χ4v) is 5.18. The molecule has 1 aromatic carbocycles. The van der Waals surface area contributed by atoms with Crippen LogP contribution in [0.2, 0.25) is 0 Å². The summed E-state index contributed by atoms with van der Waals surface area (Å²) in [6.07, 6.45) is 8.33. The summed E-state index contributed by atoms with van der Waals surface area (Å²) in [5.41, 5.74) is 0.436. The number of piperidine rings is 2. The molecule has 164 valence electrons. The van der Waals surface area contributed by atoms with E-state index in [2.05, 4.69) is 9.55 Å². The van der Waals surface area contributed by atoms with Gasteiger partial charge in [0.15, 0.2) is 6.10 Å². The Labute approximate surface area is 183 Å². The number of fused-ring (bicyclic) bond motifs is 2. The van der Waals surface area contributed by atoms with Crippen molar-refractivity contribution in [3.8, 4) is 0 Å². The van der Waals surface area contributed by atoms with Crippen LogP contribution in [0.25, 0.3) is 0 Å². The zero-order valence-electron chi connectivity index (χ0n) is 17.9. The molecular formula is C24H30N4O3. The maximum atomic E-state index is 13.2. The number of likely N-dealkylation sites (tertiary alicyclic amines) is 2. The van der Waals surface area contributed by atoms with E-state index in [9.17, 15) is 9.59 Å². The van der Waals surface area contributed by atoms with Crippen molar-refractivity contribution in [2.75, 3.05) is 26.2 Å². The molecule has 5 rings (SSSR count). The van der Waals surface area contributed by atoms with Crippen LogP contribution in [0.15, 0.2) is 42.7 Å². The molecule has 0 saturated carbocycles. The van der Waals surface area contributed by atoms with Crippen LogP contribution < -0.4 is 0 Å². The SMILES string of the molecule is O=C(Cc1ccccc1)N1CCC2(CC1)OC(C(=O)N1CCCCC1)Cn1ccnc12. The zero-order chi connectivity index (χ0) is 21.3. The second-order valence-corrected chi connectivity index (χ2v) is 8.93. The van der Waals surface area contributed by atoms with Gasteiger partial charge in [-0.1, -0.05) is 30.3 Å². The molecule has 3 aliphatic heterocycles. The molecule has 1 unspecified atom stereocenters. The molecule has 7 heteroatoms. The number of aromatic nitrogens is 2. The number of rotatable bonds is 3. The number of carbonyl (C=O) groups is 2. The highest BCUT2D eigenvalue weighted by Gasteiger charge is 2.48. The molecule has 1 atom stereocenters. The molecule has 2 saturated heterocycles. The summed E-state index contributed by atoms with van der Waals surface area (Å²) in [6, 6.07) is 9.86. The number of benzene rings is 1. The Kier molecular flexibility index (Phi) is 5.52. The monoisotopic (exact) mass is 422 g/mol. The summed E-state index contributed by atoms with van der Waals surface area (Å²) in [7, 11) is 0. The van der Waals surface area contributed by atoms with Crippen molar-refractivity contribution in [1.29, 1.82) is 0 Å². The summed E-state index contributed by atoms with van der Waals surface area (Å²) in [5.74, 6) is 1.13. The lowest BCUT2D eigenvalue weighted by Crippen LogP contribution is -2.55. The number of imidazole rings is 1. The van der Waals surface area contributed by atoms with Gasteiger partial charge in [-0.25, -0.2) is 4.98 Å². The van der Waals surface area contributed by atoms with Gasteiger partial charge in [-0.2, -0.15) is 0 Å². The second kappa shape index (κ2) is 8.46. The third kappa shape index (κ3) is 3.99. The van der Waals surface area contributed by atoms with E-state index in [0.717, 1.165) is 37.3 Å². The van der Waals surface area contributed by atoms with E-state index < -0.39 is 11.7 Å². The van der Waals surface area contributed by atoms with Gasteiger partial charge in [0.25, 0.3) is 5.91 Å². The van der Waals surface area contributed by atoms with E-state index in [-0.39, 0.29) is 11.8 Å². The predicted molar refractivity (Wildman–Crippen MR) is 115 cm³/mol. The molecule has 2 aromatic rings. The maximum absolute atomic E-state index is 13.2. The number of hydrogen-bond donors (Lipinski definition) is 0. The van der Waals surface area contributed by atoms with Crippen molar-refractivity contribution in [2.45, 2.75) is 56.8 Å². The Morgan fingerprint density at radius 3 is 2.48 bits per heavy atom.